The van der Waals surface area contributed by atoms with Gasteiger partial charge in [-0.1, -0.05) is 12.1 Å². The predicted octanol–water partition coefficient (Wildman–Crippen LogP) is 2.71. The van der Waals surface area contributed by atoms with Gasteiger partial charge in [0.2, 0.25) is 5.88 Å². The van der Waals surface area contributed by atoms with Gasteiger partial charge < -0.3 is 4.74 Å². The van der Waals surface area contributed by atoms with E-state index >= 15 is 0 Å². The highest BCUT2D eigenvalue weighted by molar-refractivity contribution is 5.87. The molecule has 0 amide bonds. The summed E-state index contributed by atoms with van der Waals surface area (Å²) in [6.07, 6.45) is 2.20. The van der Waals surface area contributed by atoms with Gasteiger partial charge in [-0.2, -0.15) is 0 Å². The second-order valence-corrected chi connectivity index (χ2v) is 3.44. The maximum Gasteiger partial charge on any atom is 0.213 e. The fourth-order valence-electron chi connectivity index (χ4n) is 1.56. The van der Waals surface area contributed by atoms with E-state index < -0.39 is 0 Å². The lowest BCUT2D eigenvalue weighted by Crippen LogP contribution is -1.94. The summed E-state index contributed by atoms with van der Waals surface area (Å²) in [5.74, 6) is 0.00224. The SMILES string of the molecule is COc1cc(C=O)c(-c2cccc(F)c2)cn1. The summed E-state index contributed by atoms with van der Waals surface area (Å²) < 4.78 is 18.0. The van der Waals surface area contributed by atoms with E-state index in [-0.39, 0.29) is 5.82 Å². The quantitative estimate of drug-likeness (QED) is 0.762. The van der Waals surface area contributed by atoms with E-state index in [4.69, 9.17) is 4.74 Å². The van der Waals surface area contributed by atoms with Gasteiger partial charge in [-0.05, 0) is 17.7 Å². The number of rotatable bonds is 3. The third kappa shape index (κ3) is 2.30. The molecule has 0 atom stereocenters. The third-order valence-electron chi connectivity index (χ3n) is 2.38. The molecule has 0 saturated carbocycles. The van der Waals surface area contributed by atoms with E-state index in [9.17, 15) is 9.18 Å². The second-order valence-electron chi connectivity index (χ2n) is 3.44. The van der Waals surface area contributed by atoms with Gasteiger partial charge in [-0.15, -0.1) is 0 Å². The molecular formula is C13H10FNO2. The van der Waals surface area contributed by atoms with Gasteiger partial charge in [-0.3, -0.25) is 4.79 Å². The molecule has 17 heavy (non-hydrogen) atoms. The van der Waals surface area contributed by atoms with Gasteiger partial charge in [-0.25, -0.2) is 9.37 Å². The Morgan fingerprint density at radius 3 is 2.82 bits per heavy atom. The highest BCUT2D eigenvalue weighted by Crippen LogP contribution is 2.24. The number of methoxy groups -OCH3 is 1. The van der Waals surface area contributed by atoms with Crippen LogP contribution in [0, 0.1) is 5.82 Å². The van der Waals surface area contributed by atoms with Crippen LogP contribution in [0.2, 0.25) is 0 Å². The zero-order chi connectivity index (χ0) is 12.3. The first-order valence-corrected chi connectivity index (χ1v) is 4.99. The highest BCUT2D eigenvalue weighted by Gasteiger charge is 2.07. The summed E-state index contributed by atoms with van der Waals surface area (Å²) >= 11 is 0. The Balaban J connectivity index is 2.55. The minimum Gasteiger partial charge on any atom is -0.481 e. The van der Waals surface area contributed by atoms with E-state index in [0.717, 1.165) is 0 Å². The summed E-state index contributed by atoms with van der Waals surface area (Å²) in [6, 6.07) is 7.54. The molecule has 1 heterocycles. The second kappa shape index (κ2) is 4.74. The number of hydrogen-bond acceptors (Lipinski definition) is 3. The maximum absolute atomic E-state index is 13.1. The lowest BCUT2D eigenvalue weighted by molar-refractivity contribution is 0.112. The first kappa shape index (κ1) is 11.3. The Bertz CT molecular complexity index is 555. The summed E-state index contributed by atoms with van der Waals surface area (Å²) in [5.41, 5.74) is 1.62. The number of pyridine rings is 1. The van der Waals surface area contributed by atoms with Crippen molar-refractivity contribution in [1.82, 2.24) is 4.98 Å². The molecule has 2 rings (SSSR count). The van der Waals surface area contributed by atoms with Crippen molar-refractivity contribution in [1.29, 1.82) is 0 Å². The number of ether oxygens (including phenoxy) is 1. The molecule has 0 bridgehead atoms. The molecule has 86 valence electrons. The molecular weight excluding hydrogens is 221 g/mol. The van der Waals surface area contributed by atoms with E-state index in [0.29, 0.717) is 28.9 Å². The topological polar surface area (TPSA) is 39.2 Å². The number of carbonyl (C=O) groups excluding carboxylic acids is 1. The number of aldehydes is 1. The Kier molecular flexibility index (Phi) is 3.14. The molecule has 0 fully saturated rings. The van der Waals surface area contributed by atoms with E-state index in [1.165, 1.54) is 31.5 Å². The molecule has 0 aliphatic rings. The molecule has 4 heteroatoms. The van der Waals surface area contributed by atoms with Crippen LogP contribution < -0.4 is 4.74 Å². The lowest BCUT2D eigenvalue weighted by Gasteiger charge is -2.06. The zero-order valence-electron chi connectivity index (χ0n) is 9.18. The lowest BCUT2D eigenvalue weighted by atomic mass is 10.0. The van der Waals surface area contributed by atoms with Crippen LogP contribution in [0.25, 0.3) is 11.1 Å². The molecule has 1 aromatic carbocycles. The number of nitrogens with zero attached hydrogens (tertiary/aromatic N) is 1. The normalized spacial score (nSPS) is 10.0. The third-order valence-corrected chi connectivity index (χ3v) is 2.38. The predicted molar refractivity (Wildman–Crippen MR) is 61.6 cm³/mol. The minimum absolute atomic E-state index is 0.352. The minimum atomic E-state index is -0.352. The fourth-order valence-corrected chi connectivity index (χ4v) is 1.56. The van der Waals surface area contributed by atoms with Crippen molar-refractivity contribution < 1.29 is 13.9 Å². The number of carbonyl (C=O) groups is 1. The Morgan fingerprint density at radius 1 is 1.35 bits per heavy atom. The molecule has 0 aliphatic heterocycles. The molecule has 3 nitrogen and oxygen atoms in total. The largest absolute Gasteiger partial charge is 0.481 e. The Morgan fingerprint density at radius 2 is 2.18 bits per heavy atom. The molecule has 0 saturated heterocycles. The Labute approximate surface area is 97.9 Å². The van der Waals surface area contributed by atoms with Crippen molar-refractivity contribution in [3.8, 4) is 17.0 Å². The van der Waals surface area contributed by atoms with Crippen molar-refractivity contribution in [2.75, 3.05) is 7.11 Å². The molecule has 0 unspecified atom stereocenters. The fraction of sp³-hybridized carbons (Fsp3) is 0.0769. The zero-order valence-corrected chi connectivity index (χ0v) is 9.18. The van der Waals surface area contributed by atoms with Gasteiger partial charge in [0.25, 0.3) is 0 Å². The van der Waals surface area contributed by atoms with Crippen LogP contribution in [0.5, 0.6) is 5.88 Å². The van der Waals surface area contributed by atoms with Crippen molar-refractivity contribution in [2.45, 2.75) is 0 Å². The van der Waals surface area contributed by atoms with Crippen LogP contribution in [0.1, 0.15) is 10.4 Å². The standard InChI is InChI=1S/C13H10FNO2/c1-17-13-6-10(8-16)12(7-15-13)9-3-2-4-11(14)5-9/h2-8H,1H3. The average Bonchev–Trinajstić information content (AvgIpc) is 2.38. The first-order valence-electron chi connectivity index (χ1n) is 4.99. The van der Waals surface area contributed by atoms with Gasteiger partial charge in [0, 0.05) is 23.4 Å². The summed E-state index contributed by atoms with van der Waals surface area (Å²) in [5, 5.41) is 0. The molecule has 2 aromatic rings. The van der Waals surface area contributed by atoms with Gasteiger partial charge in [0.15, 0.2) is 6.29 Å². The number of hydrogen-bond donors (Lipinski definition) is 0. The monoisotopic (exact) mass is 231 g/mol. The maximum atomic E-state index is 13.1. The van der Waals surface area contributed by atoms with Crippen molar-refractivity contribution in [2.24, 2.45) is 0 Å². The van der Waals surface area contributed by atoms with Gasteiger partial charge >= 0.3 is 0 Å². The van der Waals surface area contributed by atoms with Crippen LogP contribution >= 0.6 is 0 Å². The van der Waals surface area contributed by atoms with Crippen LogP contribution in [-0.2, 0) is 0 Å². The molecule has 0 aliphatic carbocycles. The number of benzene rings is 1. The van der Waals surface area contributed by atoms with Crippen molar-refractivity contribution >= 4 is 6.29 Å². The smallest absolute Gasteiger partial charge is 0.213 e. The molecule has 0 spiro atoms. The molecule has 0 radical (unpaired) electrons. The van der Waals surface area contributed by atoms with Crippen molar-refractivity contribution in [3.05, 3.63) is 47.9 Å². The average molecular weight is 231 g/mol. The molecule has 0 N–H and O–H groups in total. The van der Waals surface area contributed by atoms with Crippen LogP contribution in [0.4, 0.5) is 4.39 Å². The van der Waals surface area contributed by atoms with Crippen LogP contribution in [0.15, 0.2) is 36.5 Å². The van der Waals surface area contributed by atoms with E-state index in [2.05, 4.69) is 4.98 Å². The summed E-state index contributed by atoms with van der Waals surface area (Å²) in [6.45, 7) is 0. The Hall–Kier alpha value is -2.23. The van der Waals surface area contributed by atoms with E-state index in [1.807, 2.05) is 0 Å². The summed E-state index contributed by atoms with van der Waals surface area (Å²) in [4.78, 5) is 15.0. The van der Waals surface area contributed by atoms with Crippen molar-refractivity contribution in [3.63, 3.8) is 0 Å². The number of aromatic nitrogens is 1. The first-order chi connectivity index (χ1) is 8.24. The van der Waals surface area contributed by atoms with Gasteiger partial charge in [0.05, 0.1) is 7.11 Å². The van der Waals surface area contributed by atoms with Crippen LogP contribution in [-0.4, -0.2) is 18.4 Å². The van der Waals surface area contributed by atoms with Crippen LogP contribution in [0.3, 0.4) is 0 Å². The molecule has 1 aromatic heterocycles. The summed E-state index contributed by atoms with van der Waals surface area (Å²) in [7, 11) is 1.47. The van der Waals surface area contributed by atoms with Gasteiger partial charge in [0.1, 0.15) is 5.82 Å². The number of halogens is 1. The highest BCUT2D eigenvalue weighted by atomic mass is 19.1. The van der Waals surface area contributed by atoms with E-state index in [1.54, 1.807) is 12.1 Å².